The number of aromatic nitrogens is 5. The molecular weight excluding hydrogens is 764 g/mol. The molecule has 3 aromatic heterocycles. The Bertz CT molecular complexity index is 2460. The first kappa shape index (κ1) is 38.9. The van der Waals surface area contributed by atoms with Crippen LogP contribution in [0.5, 0.6) is 0 Å². The third kappa shape index (κ3) is 7.33. The lowest BCUT2D eigenvalue weighted by Gasteiger charge is -2.23. The molecule has 1 saturated carbocycles. The first-order valence-electron chi connectivity index (χ1n) is 17.6. The van der Waals surface area contributed by atoms with Crippen molar-refractivity contribution in [3.8, 4) is 23.0 Å². The molecule has 7 rings (SSSR count). The zero-order valence-electron chi connectivity index (χ0n) is 30.3. The van der Waals surface area contributed by atoms with E-state index in [9.17, 15) is 32.3 Å². The van der Waals surface area contributed by atoms with Gasteiger partial charge in [-0.1, -0.05) is 30.5 Å². The van der Waals surface area contributed by atoms with Crippen molar-refractivity contribution in [3.63, 3.8) is 0 Å². The van der Waals surface area contributed by atoms with E-state index in [0.717, 1.165) is 12.1 Å². The van der Waals surface area contributed by atoms with Gasteiger partial charge >= 0.3 is 0 Å². The second kappa shape index (κ2) is 14.3. The van der Waals surface area contributed by atoms with Crippen molar-refractivity contribution in [2.75, 3.05) is 5.32 Å². The summed E-state index contributed by atoms with van der Waals surface area (Å²) in [5.74, 6) is -2.89. The lowest BCUT2D eigenvalue weighted by Crippen LogP contribution is -2.35. The number of aryl methyl sites for hydroxylation is 1. The lowest BCUT2D eigenvalue weighted by molar-refractivity contribution is -0.123. The van der Waals surface area contributed by atoms with Gasteiger partial charge in [-0.25, -0.2) is 22.5 Å². The zero-order valence-corrected chi connectivity index (χ0v) is 31.1. The van der Waals surface area contributed by atoms with Crippen LogP contribution >= 0.6 is 11.6 Å². The maximum absolute atomic E-state index is 15.4. The smallest absolute Gasteiger partial charge is 0.293 e. The first-order chi connectivity index (χ1) is 26.4. The highest BCUT2D eigenvalue weighted by atomic mass is 35.5. The number of anilines is 1. The Morgan fingerprint density at radius 2 is 1.75 bits per heavy atom. The molecule has 2 aromatic carbocycles. The van der Waals surface area contributed by atoms with Crippen LogP contribution in [0.4, 0.5) is 32.2 Å². The van der Waals surface area contributed by atoms with E-state index in [1.54, 1.807) is 38.2 Å². The number of hydrogen-bond acceptors (Lipinski definition) is 6. The van der Waals surface area contributed by atoms with Crippen LogP contribution in [0.3, 0.4) is 0 Å². The maximum Gasteiger partial charge on any atom is 0.293 e. The van der Waals surface area contributed by atoms with Gasteiger partial charge < -0.3 is 15.7 Å². The topological polar surface area (TPSA) is 127 Å². The number of nitrogens with zero attached hydrogens (tertiary/aromatic N) is 5. The largest absolute Gasteiger partial charge is 0.378 e. The number of fused-ring (bicyclic) bond motifs is 4. The predicted octanol–water partition coefficient (Wildman–Crippen LogP) is 7.48. The van der Waals surface area contributed by atoms with E-state index < -0.39 is 71.3 Å². The Morgan fingerprint density at radius 1 is 1.05 bits per heavy atom. The Hall–Kier alpha value is -5.40. The molecule has 1 fully saturated rings. The van der Waals surface area contributed by atoms with E-state index in [1.807, 2.05) is 0 Å². The summed E-state index contributed by atoms with van der Waals surface area (Å²) in [4.78, 5) is 31.1. The fourth-order valence-corrected chi connectivity index (χ4v) is 7.53. The molecule has 10 nitrogen and oxygen atoms in total. The fourth-order valence-electron chi connectivity index (χ4n) is 7.29. The number of hydrogen-bond donors (Lipinski definition) is 3. The van der Waals surface area contributed by atoms with Crippen LogP contribution in [0.15, 0.2) is 42.5 Å². The summed E-state index contributed by atoms with van der Waals surface area (Å²) in [6, 6.07) is 7.86. The van der Waals surface area contributed by atoms with E-state index in [2.05, 4.69) is 32.7 Å². The number of halogens is 7. The second-order valence-corrected chi connectivity index (χ2v) is 14.8. The average molecular weight is 798 g/mol. The average Bonchev–Trinajstić information content (AvgIpc) is 3.65. The van der Waals surface area contributed by atoms with Gasteiger partial charge in [-0.15, -0.1) is 0 Å². The van der Waals surface area contributed by atoms with Crippen molar-refractivity contribution in [2.45, 2.75) is 76.5 Å². The molecule has 0 saturated heterocycles. The number of carbonyl (C=O) groups is 2. The molecule has 0 spiro atoms. The number of amides is 2. The van der Waals surface area contributed by atoms with Crippen LogP contribution in [0.1, 0.15) is 85.9 Å². The molecule has 3 atom stereocenters. The highest BCUT2D eigenvalue weighted by Crippen LogP contribution is 2.68. The number of aliphatic hydroxyl groups is 1. The summed E-state index contributed by atoms with van der Waals surface area (Å²) in [5, 5.41) is 24.6. The van der Waals surface area contributed by atoms with Gasteiger partial charge in [-0.05, 0) is 74.4 Å². The number of nitrogens with one attached hydrogen (secondary N) is 2. The Balaban J connectivity index is 1.38. The van der Waals surface area contributed by atoms with Crippen molar-refractivity contribution in [2.24, 2.45) is 13.0 Å². The Kier molecular flexibility index (Phi) is 9.90. The third-order valence-electron chi connectivity index (χ3n) is 9.72. The molecule has 17 heteroatoms. The molecule has 2 amide bonds. The van der Waals surface area contributed by atoms with Gasteiger partial charge in [-0.2, -0.15) is 19.0 Å². The number of rotatable bonds is 10. The molecule has 0 radical (unpaired) electrons. The normalized spacial score (nSPS) is 17.3. The van der Waals surface area contributed by atoms with Gasteiger partial charge in [0.1, 0.15) is 40.9 Å². The van der Waals surface area contributed by atoms with Gasteiger partial charge in [0, 0.05) is 42.1 Å². The van der Waals surface area contributed by atoms with Crippen molar-refractivity contribution in [3.05, 3.63) is 93.0 Å². The second-order valence-electron chi connectivity index (χ2n) is 14.4. The molecule has 2 aliphatic rings. The van der Waals surface area contributed by atoms with Gasteiger partial charge in [0.05, 0.1) is 27.7 Å². The molecular formula is C39H34ClF6N7O3. The molecule has 5 aromatic rings. The number of carbonyl (C=O) groups excluding carboxylic acids is 2. The van der Waals surface area contributed by atoms with Gasteiger partial charge in [0.15, 0.2) is 5.82 Å². The minimum Gasteiger partial charge on any atom is -0.378 e. The van der Waals surface area contributed by atoms with Crippen LogP contribution in [0.25, 0.3) is 22.0 Å². The molecule has 0 aliphatic heterocycles. The van der Waals surface area contributed by atoms with Crippen molar-refractivity contribution >= 4 is 40.1 Å². The summed E-state index contributed by atoms with van der Waals surface area (Å²) in [6.45, 7) is 3.69. The summed E-state index contributed by atoms with van der Waals surface area (Å²) >= 11 is 6.65. The van der Waals surface area contributed by atoms with Crippen LogP contribution in [0, 0.1) is 29.4 Å². The molecule has 2 aliphatic carbocycles. The van der Waals surface area contributed by atoms with Crippen LogP contribution in [-0.4, -0.2) is 47.1 Å². The zero-order chi connectivity index (χ0) is 40.4. The van der Waals surface area contributed by atoms with Crippen LogP contribution in [-0.2, 0) is 35.5 Å². The quantitative estimate of drug-likeness (QED) is 0.0994. The van der Waals surface area contributed by atoms with Crippen LogP contribution < -0.4 is 10.6 Å². The predicted molar refractivity (Wildman–Crippen MR) is 194 cm³/mol. The summed E-state index contributed by atoms with van der Waals surface area (Å²) in [6.07, 6.45) is -3.27. The van der Waals surface area contributed by atoms with Crippen molar-refractivity contribution < 1.29 is 41.0 Å². The van der Waals surface area contributed by atoms with Gasteiger partial charge in [0.2, 0.25) is 11.8 Å². The third-order valence-corrected chi connectivity index (χ3v) is 10.0. The van der Waals surface area contributed by atoms with E-state index in [4.69, 9.17) is 16.6 Å². The van der Waals surface area contributed by atoms with E-state index in [1.165, 1.54) is 18.5 Å². The summed E-state index contributed by atoms with van der Waals surface area (Å²) in [5.41, 5.74) is -1.73. The SMILES string of the molecule is CCC(=O)Nc1nn(C)c2c(-c3ccc(C#CC(C)(C)O)nc3C(Cc3cc(F)cc(F)c3)NC(=O)Cn3nc(C(F)F)c4c3C(F)(F)C3CC43)ccc(Cl)c12. The van der Waals surface area contributed by atoms with Crippen LogP contribution in [0.2, 0.25) is 5.02 Å². The number of pyridine rings is 1. The Morgan fingerprint density at radius 3 is 2.41 bits per heavy atom. The molecule has 292 valence electrons. The molecule has 0 bridgehead atoms. The summed E-state index contributed by atoms with van der Waals surface area (Å²) in [7, 11) is 1.62. The molecule has 3 N–H and O–H groups in total. The minimum atomic E-state index is -3.49. The Labute approximate surface area is 321 Å². The standard InChI is InChI=1S/C39H34ClF6N7O3/c1-5-28(54)49-37-31-26(40)9-8-23(34(31)52(4)51-37)22-7-6-21(10-11-38(2,3)56)47-32(22)27(14-18-12-19(41)15-20(42)13-18)48-29(55)17-53-35-30(33(50-53)36(43)44)24-16-25(24)39(35,45)46/h6-9,12-13,15,24-25,27,36,56H,5,14,16-17H2,1-4H3,(H,48,55)(H,49,51,54). The number of benzene rings is 2. The van der Waals surface area contributed by atoms with Crippen molar-refractivity contribution in [1.82, 2.24) is 29.9 Å². The highest BCUT2D eigenvalue weighted by molar-refractivity contribution is 6.37. The summed E-state index contributed by atoms with van der Waals surface area (Å²) < 4.78 is 90.0. The highest BCUT2D eigenvalue weighted by Gasteiger charge is 2.67. The van der Waals surface area contributed by atoms with E-state index in [0.29, 0.717) is 32.8 Å². The fraction of sp³-hybridized carbons (Fsp3) is 0.359. The molecule has 3 unspecified atom stereocenters. The lowest BCUT2D eigenvalue weighted by atomic mass is 9.93. The molecule has 56 heavy (non-hydrogen) atoms. The monoisotopic (exact) mass is 797 g/mol. The van der Waals surface area contributed by atoms with Crippen molar-refractivity contribution in [1.29, 1.82) is 0 Å². The first-order valence-corrected chi connectivity index (χ1v) is 18.0. The van der Waals surface area contributed by atoms with E-state index >= 15 is 8.78 Å². The maximum atomic E-state index is 15.4. The van der Waals surface area contributed by atoms with E-state index in [-0.39, 0.29) is 58.5 Å². The molecule has 3 heterocycles. The number of alkyl halides is 4. The minimum absolute atomic E-state index is 0.0338. The van der Waals surface area contributed by atoms with Gasteiger partial charge in [-0.3, -0.25) is 19.0 Å². The van der Waals surface area contributed by atoms with Gasteiger partial charge in [0.25, 0.3) is 12.3 Å².